The summed E-state index contributed by atoms with van der Waals surface area (Å²) in [5.74, 6) is -0.121. The molecule has 1 heterocycles. The number of amides is 1. The van der Waals surface area contributed by atoms with Crippen LogP contribution in [-0.2, 0) is 14.3 Å². The molecule has 1 saturated heterocycles. The van der Waals surface area contributed by atoms with Gasteiger partial charge in [-0.2, -0.15) is 0 Å². The Morgan fingerprint density at radius 1 is 1.71 bits per heavy atom. The predicted octanol–water partition coefficient (Wildman–Crippen LogP) is 0.932. The van der Waals surface area contributed by atoms with Gasteiger partial charge >= 0.3 is 0 Å². The lowest BCUT2D eigenvalue weighted by Crippen LogP contribution is -2.51. The maximum Gasteiger partial charge on any atom is 0.238 e. The average Bonchev–Trinajstić information content (AvgIpc) is 2.39. The van der Waals surface area contributed by atoms with Crippen molar-refractivity contribution >= 4 is 28.1 Å². The number of carbonyl (C=O) groups excluding carboxylic acids is 2. The van der Waals surface area contributed by atoms with E-state index in [0.717, 1.165) is 0 Å². The number of ether oxygens (including phenoxy) is 1. The molecule has 0 aliphatic carbocycles. The van der Waals surface area contributed by atoms with Gasteiger partial charge in [0.1, 0.15) is 0 Å². The van der Waals surface area contributed by atoms with Gasteiger partial charge in [0.05, 0.1) is 17.0 Å². The molecule has 0 bridgehead atoms. The van der Waals surface area contributed by atoms with E-state index in [1.54, 1.807) is 6.92 Å². The first-order valence-corrected chi connectivity index (χ1v) is 5.36. The summed E-state index contributed by atoms with van der Waals surface area (Å²) in [5.41, 5.74) is -0.412. The molecular formula is C9H14BrNO3. The van der Waals surface area contributed by atoms with Crippen LogP contribution in [0, 0.1) is 0 Å². The van der Waals surface area contributed by atoms with Crippen LogP contribution in [0.2, 0.25) is 0 Å². The van der Waals surface area contributed by atoms with Gasteiger partial charge in [0.25, 0.3) is 0 Å². The zero-order valence-corrected chi connectivity index (χ0v) is 10.1. The third-order valence-electron chi connectivity index (χ3n) is 2.21. The molecule has 5 heteroatoms. The third-order valence-corrected chi connectivity index (χ3v) is 2.60. The molecule has 0 aromatic rings. The minimum Gasteiger partial charge on any atom is -0.349 e. The first kappa shape index (κ1) is 11.7. The van der Waals surface area contributed by atoms with Crippen molar-refractivity contribution in [2.24, 2.45) is 0 Å². The zero-order valence-electron chi connectivity index (χ0n) is 8.49. The molecule has 2 atom stereocenters. The summed E-state index contributed by atoms with van der Waals surface area (Å²) in [5, 5.41) is 0. The summed E-state index contributed by atoms with van der Waals surface area (Å²) >= 11 is 3.20. The highest BCUT2D eigenvalue weighted by Gasteiger charge is 2.44. The number of nitrogens with zero attached hydrogens (tertiary/aromatic N) is 1. The number of hydrogen-bond donors (Lipinski definition) is 0. The lowest BCUT2D eigenvalue weighted by Gasteiger charge is -2.32. The van der Waals surface area contributed by atoms with E-state index in [2.05, 4.69) is 15.9 Å². The number of rotatable bonds is 2. The Labute approximate surface area is 91.7 Å². The standard InChI is InChI=1S/C9H14BrNO3/c1-6(10)8(13)11-7(4-12)14-5-9(11,2)3/h4,6-7H,5H2,1-3H3. The molecule has 0 spiro atoms. The quantitative estimate of drug-likeness (QED) is 0.550. The zero-order chi connectivity index (χ0) is 10.9. The van der Waals surface area contributed by atoms with E-state index >= 15 is 0 Å². The summed E-state index contributed by atoms with van der Waals surface area (Å²) in [6, 6.07) is 0. The van der Waals surface area contributed by atoms with Crippen LogP contribution in [0.3, 0.4) is 0 Å². The lowest BCUT2D eigenvalue weighted by atomic mass is 10.1. The molecule has 14 heavy (non-hydrogen) atoms. The smallest absolute Gasteiger partial charge is 0.238 e. The van der Waals surface area contributed by atoms with Gasteiger partial charge in [-0.25, -0.2) is 0 Å². The van der Waals surface area contributed by atoms with Crippen molar-refractivity contribution in [3.05, 3.63) is 0 Å². The van der Waals surface area contributed by atoms with Gasteiger partial charge in [-0.05, 0) is 20.8 Å². The number of hydrogen-bond acceptors (Lipinski definition) is 3. The first-order valence-electron chi connectivity index (χ1n) is 4.44. The molecule has 1 amide bonds. The van der Waals surface area contributed by atoms with Gasteiger partial charge in [0.15, 0.2) is 12.5 Å². The summed E-state index contributed by atoms with van der Waals surface area (Å²) in [4.78, 5) is 23.7. The minimum atomic E-state index is -0.738. The third kappa shape index (κ3) is 1.98. The van der Waals surface area contributed by atoms with Gasteiger partial charge in [-0.3, -0.25) is 9.59 Å². The van der Waals surface area contributed by atoms with Crippen molar-refractivity contribution < 1.29 is 14.3 Å². The second-order valence-corrected chi connectivity index (χ2v) is 5.35. The highest BCUT2D eigenvalue weighted by molar-refractivity contribution is 9.10. The van der Waals surface area contributed by atoms with E-state index in [0.29, 0.717) is 12.9 Å². The summed E-state index contributed by atoms with van der Waals surface area (Å²) in [6.45, 7) is 5.88. The predicted molar refractivity (Wildman–Crippen MR) is 55.1 cm³/mol. The molecule has 0 aromatic carbocycles. The first-order chi connectivity index (χ1) is 6.40. The summed E-state index contributed by atoms with van der Waals surface area (Å²) in [6.07, 6.45) is -0.0836. The van der Waals surface area contributed by atoms with Crippen molar-refractivity contribution in [2.75, 3.05) is 6.61 Å². The van der Waals surface area contributed by atoms with E-state index in [1.165, 1.54) is 4.90 Å². The molecule has 1 fully saturated rings. The minimum absolute atomic E-state index is 0.121. The van der Waals surface area contributed by atoms with Crippen molar-refractivity contribution in [3.63, 3.8) is 0 Å². The Morgan fingerprint density at radius 3 is 2.71 bits per heavy atom. The van der Waals surface area contributed by atoms with Crippen LogP contribution >= 0.6 is 15.9 Å². The van der Waals surface area contributed by atoms with Gasteiger partial charge in [0, 0.05) is 0 Å². The van der Waals surface area contributed by atoms with Gasteiger partial charge in [-0.1, -0.05) is 15.9 Å². The molecule has 0 N–H and O–H groups in total. The maximum absolute atomic E-state index is 11.8. The Hall–Kier alpha value is -0.420. The molecule has 1 aliphatic rings. The molecule has 2 unspecified atom stereocenters. The highest BCUT2D eigenvalue weighted by Crippen LogP contribution is 2.27. The fourth-order valence-corrected chi connectivity index (χ4v) is 1.71. The molecule has 0 saturated carbocycles. The Kier molecular flexibility index (Phi) is 3.32. The lowest BCUT2D eigenvalue weighted by molar-refractivity contribution is -0.143. The fraction of sp³-hybridized carbons (Fsp3) is 0.778. The van der Waals surface area contributed by atoms with Crippen LogP contribution in [0.4, 0.5) is 0 Å². The van der Waals surface area contributed by atoms with Crippen molar-refractivity contribution in [2.45, 2.75) is 37.4 Å². The van der Waals surface area contributed by atoms with Crippen molar-refractivity contribution in [1.29, 1.82) is 0 Å². The van der Waals surface area contributed by atoms with Crippen molar-refractivity contribution in [3.8, 4) is 0 Å². The van der Waals surface area contributed by atoms with Gasteiger partial charge in [0.2, 0.25) is 5.91 Å². The fourth-order valence-electron chi connectivity index (χ4n) is 1.49. The molecule has 1 rings (SSSR count). The van der Waals surface area contributed by atoms with E-state index in [1.807, 2.05) is 13.8 Å². The largest absolute Gasteiger partial charge is 0.349 e. The van der Waals surface area contributed by atoms with E-state index in [9.17, 15) is 9.59 Å². The van der Waals surface area contributed by atoms with Crippen molar-refractivity contribution in [1.82, 2.24) is 4.90 Å². The summed E-state index contributed by atoms with van der Waals surface area (Å²) < 4.78 is 5.22. The topological polar surface area (TPSA) is 46.6 Å². The SMILES string of the molecule is CC(Br)C(=O)N1C(C=O)OCC1(C)C. The van der Waals surface area contributed by atoms with Crippen LogP contribution in [0.15, 0.2) is 0 Å². The second kappa shape index (κ2) is 3.98. The molecule has 0 radical (unpaired) electrons. The average molecular weight is 264 g/mol. The van der Waals surface area contributed by atoms with Crippen LogP contribution in [0.1, 0.15) is 20.8 Å². The van der Waals surface area contributed by atoms with Crippen LogP contribution in [0.5, 0.6) is 0 Å². The number of aldehydes is 1. The monoisotopic (exact) mass is 263 g/mol. The maximum atomic E-state index is 11.8. The second-order valence-electron chi connectivity index (χ2n) is 3.97. The normalized spacial score (nSPS) is 27.4. The van der Waals surface area contributed by atoms with E-state index < -0.39 is 11.8 Å². The number of alkyl halides is 1. The Balaban J connectivity index is 2.90. The Morgan fingerprint density at radius 2 is 2.29 bits per heavy atom. The van der Waals surface area contributed by atoms with Crippen LogP contribution in [0.25, 0.3) is 0 Å². The van der Waals surface area contributed by atoms with Gasteiger partial charge in [-0.15, -0.1) is 0 Å². The van der Waals surface area contributed by atoms with Crippen LogP contribution in [-0.4, -0.2) is 40.3 Å². The summed E-state index contributed by atoms with van der Waals surface area (Å²) in [7, 11) is 0. The molecule has 4 nitrogen and oxygen atoms in total. The number of carbonyl (C=O) groups is 2. The number of halogens is 1. The highest BCUT2D eigenvalue weighted by atomic mass is 79.9. The van der Waals surface area contributed by atoms with E-state index in [-0.39, 0.29) is 10.7 Å². The van der Waals surface area contributed by atoms with E-state index in [4.69, 9.17) is 4.74 Å². The molecule has 0 aromatic heterocycles. The van der Waals surface area contributed by atoms with Gasteiger partial charge < -0.3 is 9.64 Å². The molecule has 80 valence electrons. The molecule has 1 aliphatic heterocycles. The van der Waals surface area contributed by atoms with Crippen LogP contribution < -0.4 is 0 Å². The molecular weight excluding hydrogens is 250 g/mol. The Bertz CT molecular complexity index is 252.